The van der Waals surface area contributed by atoms with E-state index in [-0.39, 0.29) is 13.0 Å². The van der Waals surface area contributed by atoms with Crippen LogP contribution in [0.5, 0.6) is 0 Å². The average molecular weight is 166 g/mol. The quantitative estimate of drug-likeness (QED) is 0.620. The van der Waals surface area contributed by atoms with Crippen molar-refractivity contribution in [3.05, 3.63) is 0 Å². The van der Waals surface area contributed by atoms with Gasteiger partial charge in [-0.3, -0.25) is 4.79 Å². The van der Waals surface area contributed by atoms with Crippen LogP contribution in [0.2, 0.25) is 0 Å². The topological polar surface area (TPSA) is 26.3 Å². The number of Topliss-reactive ketones (excluding diaryl/α,β-unsaturated/α-hetero) is 1. The summed E-state index contributed by atoms with van der Waals surface area (Å²) in [5.41, 5.74) is 0. The molecule has 0 aliphatic heterocycles. The summed E-state index contributed by atoms with van der Waals surface area (Å²) in [5.74, 6) is -4.22. The Morgan fingerprint density at radius 3 is 2.45 bits per heavy atom. The van der Waals surface area contributed by atoms with E-state index in [1.165, 1.54) is 14.0 Å². The fourth-order valence-electron chi connectivity index (χ4n) is 0.628. The maximum Gasteiger partial charge on any atom is 0.307 e. The SMILES string of the molecule is CCC(=O)C(F)(F)CCOC. The Hall–Kier alpha value is -0.510. The van der Waals surface area contributed by atoms with Crippen molar-refractivity contribution in [1.29, 1.82) is 0 Å². The minimum Gasteiger partial charge on any atom is -0.384 e. The number of hydrogen-bond acceptors (Lipinski definition) is 2. The van der Waals surface area contributed by atoms with E-state index in [9.17, 15) is 13.6 Å². The Morgan fingerprint density at radius 2 is 2.09 bits per heavy atom. The first-order valence-corrected chi connectivity index (χ1v) is 3.44. The first kappa shape index (κ1) is 10.5. The highest BCUT2D eigenvalue weighted by Crippen LogP contribution is 2.20. The lowest BCUT2D eigenvalue weighted by Crippen LogP contribution is -2.29. The molecule has 0 aliphatic rings. The lowest BCUT2D eigenvalue weighted by Gasteiger charge is -2.12. The number of ketones is 1. The molecule has 0 aromatic heterocycles. The van der Waals surface area contributed by atoms with Gasteiger partial charge in [-0.15, -0.1) is 0 Å². The molecular weight excluding hydrogens is 154 g/mol. The molecule has 0 aliphatic carbocycles. The fourth-order valence-corrected chi connectivity index (χ4v) is 0.628. The molecule has 0 saturated carbocycles. The minimum absolute atomic E-state index is 0.0846. The molecule has 0 fully saturated rings. The summed E-state index contributed by atoms with van der Waals surface area (Å²) in [5, 5.41) is 0. The van der Waals surface area contributed by atoms with E-state index in [4.69, 9.17) is 0 Å². The van der Waals surface area contributed by atoms with Crippen LogP contribution in [0.25, 0.3) is 0 Å². The van der Waals surface area contributed by atoms with Gasteiger partial charge in [-0.1, -0.05) is 6.92 Å². The maximum atomic E-state index is 12.6. The Bertz CT molecular complexity index is 134. The molecule has 0 spiro atoms. The predicted molar refractivity (Wildman–Crippen MR) is 36.7 cm³/mol. The Morgan fingerprint density at radius 1 is 1.55 bits per heavy atom. The summed E-state index contributed by atoms with van der Waals surface area (Å²) in [6.45, 7) is 1.34. The molecule has 0 N–H and O–H groups in total. The third-order valence-corrected chi connectivity index (χ3v) is 1.35. The van der Waals surface area contributed by atoms with E-state index in [1.54, 1.807) is 0 Å². The Balaban J connectivity index is 3.88. The second-order valence-corrected chi connectivity index (χ2v) is 2.22. The lowest BCUT2D eigenvalue weighted by atomic mass is 10.1. The average Bonchev–Trinajstić information content (AvgIpc) is 1.99. The Kier molecular flexibility index (Phi) is 4.18. The van der Waals surface area contributed by atoms with E-state index >= 15 is 0 Å². The molecule has 0 atom stereocenters. The summed E-state index contributed by atoms with van der Waals surface area (Å²) in [4.78, 5) is 10.5. The first-order chi connectivity index (χ1) is 5.04. The van der Waals surface area contributed by atoms with Gasteiger partial charge >= 0.3 is 5.92 Å². The number of hydrogen-bond donors (Lipinski definition) is 0. The highest BCUT2D eigenvalue weighted by Gasteiger charge is 2.35. The molecule has 0 aromatic rings. The van der Waals surface area contributed by atoms with E-state index in [0.29, 0.717) is 0 Å². The maximum absolute atomic E-state index is 12.6. The monoisotopic (exact) mass is 166 g/mol. The van der Waals surface area contributed by atoms with E-state index in [2.05, 4.69) is 4.74 Å². The zero-order valence-electron chi connectivity index (χ0n) is 6.69. The number of carbonyl (C=O) groups is 1. The van der Waals surface area contributed by atoms with Crippen LogP contribution < -0.4 is 0 Å². The van der Waals surface area contributed by atoms with E-state index in [1.807, 2.05) is 0 Å². The van der Waals surface area contributed by atoms with E-state index < -0.39 is 18.1 Å². The molecule has 4 heteroatoms. The van der Waals surface area contributed by atoms with Crippen LogP contribution in [-0.4, -0.2) is 25.4 Å². The van der Waals surface area contributed by atoms with Gasteiger partial charge in [0, 0.05) is 20.0 Å². The number of rotatable bonds is 5. The van der Waals surface area contributed by atoms with Crippen LogP contribution in [0.3, 0.4) is 0 Å². The van der Waals surface area contributed by atoms with Crippen molar-refractivity contribution in [2.24, 2.45) is 0 Å². The van der Waals surface area contributed by atoms with Gasteiger partial charge in [0.25, 0.3) is 0 Å². The zero-order valence-corrected chi connectivity index (χ0v) is 6.69. The van der Waals surface area contributed by atoms with Crippen molar-refractivity contribution in [2.45, 2.75) is 25.7 Å². The largest absolute Gasteiger partial charge is 0.384 e. The highest BCUT2D eigenvalue weighted by atomic mass is 19.3. The normalized spacial score (nSPS) is 11.6. The van der Waals surface area contributed by atoms with Crippen LogP contribution in [0.4, 0.5) is 8.78 Å². The minimum atomic E-state index is -3.20. The van der Waals surface area contributed by atoms with Crippen molar-refractivity contribution in [1.82, 2.24) is 0 Å². The third kappa shape index (κ3) is 3.41. The molecule has 0 unspecified atom stereocenters. The number of carbonyl (C=O) groups excluding carboxylic acids is 1. The Labute approximate surface area is 64.5 Å². The van der Waals surface area contributed by atoms with Crippen molar-refractivity contribution < 1.29 is 18.3 Å². The van der Waals surface area contributed by atoms with Gasteiger partial charge in [0.2, 0.25) is 5.78 Å². The molecule has 0 saturated heterocycles. The van der Waals surface area contributed by atoms with Crippen LogP contribution in [0.15, 0.2) is 0 Å². The summed E-state index contributed by atoms with van der Waals surface area (Å²) < 4.78 is 29.6. The van der Waals surface area contributed by atoms with Crippen molar-refractivity contribution in [2.75, 3.05) is 13.7 Å². The van der Waals surface area contributed by atoms with Gasteiger partial charge in [0.05, 0.1) is 6.61 Å². The van der Waals surface area contributed by atoms with Crippen LogP contribution >= 0.6 is 0 Å². The number of ether oxygens (including phenoxy) is 1. The molecule has 0 rings (SSSR count). The molecule has 0 amide bonds. The van der Waals surface area contributed by atoms with Crippen LogP contribution in [0, 0.1) is 0 Å². The molecule has 2 nitrogen and oxygen atoms in total. The van der Waals surface area contributed by atoms with Gasteiger partial charge in [0.15, 0.2) is 0 Å². The third-order valence-electron chi connectivity index (χ3n) is 1.35. The summed E-state index contributed by atoms with van der Waals surface area (Å²) >= 11 is 0. The zero-order chi connectivity index (χ0) is 8.91. The molecule has 0 heterocycles. The molecule has 11 heavy (non-hydrogen) atoms. The van der Waals surface area contributed by atoms with Crippen molar-refractivity contribution >= 4 is 5.78 Å². The highest BCUT2D eigenvalue weighted by molar-refractivity contribution is 5.85. The predicted octanol–water partition coefficient (Wildman–Crippen LogP) is 1.64. The summed E-state index contributed by atoms with van der Waals surface area (Å²) in [6.07, 6.45) is -0.646. The summed E-state index contributed by atoms with van der Waals surface area (Å²) in [6, 6.07) is 0. The van der Waals surface area contributed by atoms with Gasteiger partial charge in [0.1, 0.15) is 0 Å². The molecule has 0 bridgehead atoms. The molecular formula is C7H12F2O2. The lowest BCUT2D eigenvalue weighted by molar-refractivity contribution is -0.145. The standard InChI is InChI=1S/C7H12F2O2/c1-3-6(10)7(8,9)4-5-11-2/h3-5H2,1-2H3. The second-order valence-electron chi connectivity index (χ2n) is 2.22. The van der Waals surface area contributed by atoms with Gasteiger partial charge in [-0.2, -0.15) is 8.78 Å². The number of alkyl halides is 2. The van der Waals surface area contributed by atoms with Gasteiger partial charge < -0.3 is 4.74 Å². The van der Waals surface area contributed by atoms with Crippen LogP contribution in [-0.2, 0) is 9.53 Å². The molecule has 0 aromatic carbocycles. The van der Waals surface area contributed by atoms with Gasteiger partial charge in [-0.25, -0.2) is 0 Å². The molecule has 0 radical (unpaired) electrons. The summed E-state index contributed by atoms with van der Waals surface area (Å²) in [7, 11) is 1.33. The van der Waals surface area contributed by atoms with Crippen molar-refractivity contribution in [3.8, 4) is 0 Å². The number of methoxy groups -OCH3 is 1. The van der Waals surface area contributed by atoms with Crippen molar-refractivity contribution in [3.63, 3.8) is 0 Å². The second kappa shape index (κ2) is 4.38. The first-order valence-electron chi connectivity index (χ1n) is 3.44. The van der Waals surface area contributed by atoms with Crippen LogP contribution in [0.1, 0.15) is 19.8 Å². The number of halogens is 2. The smallest absolute Gasteiger partial charge is 0.307 e. The van der Waals surface area contributed by atoms with Gasteiger partial charge in [-0.05, 0) is 0 Å². The molecule has 66 valence electrons. The van der Waals surface area contributed by atoms with E-state index in [0.717, 1.165) is 0 Å². The fraction of sp³-hybridized carbons (Fsp3) is 0.857.